The fourth-order valence-corrected chi connectivity index (χ4v) is 1.72. The first-order valence-corrected chi connectivity index (χ1v) is 7.99. The number of halogens is 3. The van der Waals surface area contributed by atoms with Crippen LogP contribution in [0.1, 0.15) is 33.1 Å². The monoisotopic (exact) mass is 447 g/mol. The summed E-state index contributed by atoms with van der Waals surface area (Å²) in [4.78, 5) is 8.22. The second kappa shape index (κ2) is 10.2. The number of hydrogen-bond acceptors (Lipinski definition) is 3. The summed E-state index contributed by atoms with van der Waals surface area (Å²) < 4.78 is 26.3. The summed E-state index contributed by atoms with van der Waals surface area (Å²) in [6.45, 7) is 5.14. The van der Waals surface area contributed by atoms with Gasteiger partial charge in [-0.05, 0) is 27.0 Å². The summed E-state index contributed by atoms with van der Waals surface area (Å²) in [7, 11) is 0. The lowest BCUT2D eigenvalue weighted by Gasteiger charge is -2.23. The molecule has 0 aliphatic heterocycles. The number of aromatic nitrogens is 2. The van der Waals surface area contributed by atoms with Gasteiger partial charge in [0.1, 0.15) is 12.4 Å². The first-order valence-electron chi connectivity index (χ1n) is 6.77. The molecule has 1 aromatic rings. The van der Waals surface area contributed by atoms with E-state index in [1.54, 1.807) is 11.8 Å². The van der Waals surface area contributed by atoms with Gasteiger partial charge in [0.15, 0.2) is 5.96 Å². The van der Waals surface area contributed by atoms with Gasteiger partial charge in [-0.2, -0.15) is 20.5 Å². The largest absolute Gasteiger partial charge is 0.357 e. The van der Waals surface area contributed by atoms with Crippen molar-refractivity contribution in [3.05, 3.63) is 18.2 Å². The van der Waals surface area contributed by atoms with Crippen molar-refractivity contribution in [3.8, 4) is 0 Å². The number of alkyl halides is 2. The summed E-state index contributed by atoms with van der Waals surface area (Å²) in [6.07, 6.45) is 4.66. The molecule has 0 saturated heterocycles. The third-order valence-electron chi connectivity index (χ3n) is 2.92. The lowest BCUT2D eigenvalue weighted by atomic mass is 10.2. The standard InChI is InChI=1S/C13H23F2N5S.HI/c1-5-16-12(19-9-13(2,3)21-4)18-8-10-17-6-7-20(10)11(14)15;/h6-7,11H,5,8-9H2,1-4H3,(H2,16,18,19);1H. The summed E-state index contributed by atoms with van der Waals surface area (Å²) in [6, 6.07) is 0. The molecule has 0 fully saturated rings. The van der Waals surface area contributed by atoms with Gasteiger partial charge in [0.05, 0.1) is 0 Å². The van der Waals surface area contributed by atoms with Crippen LogP contribution in [0, 0.1) is 0 Å². The first kappa shape index (κ1) is 21.4. The molecule has 0 unspecified atom stereocenters. The minimum Gasteiger partial charge on any atom is -0.357 e. The first-order chi connectivity index (χ1) is 9.89. The fourth-order valence-electron chi connectivity index (χ4n) is 1.50. The number of rotatable bonds is 7. The Bertz CT molecular complexity index is 465. The van der Waals surface area contributed by atoms with Crippen LogP contribution in [0.5, 0.6) is 0 Å². The SMILES string of the molecule is CCNC(=NCc1nccn1C(F)F)NCC(C)(C)SC.I. The average Bonchev–Trinajstić information content (AvgIpc) is 2.90. The van der Waals surface area contributed by atoms with E-state index >= 15 is 0 Å². The Hall–Kier alpha value is -0.580. The van der Waals surface area contributed by atoms with E-state index in [-0.39, 0.29) is 41.1 Å². The number of guanidine groups is 1. The zero-order chi connectivity index (χ0) is 15.9. The zero-order valence-corrected chi connectivity index (χ0v) is 16.4. The highest BCUT2D eigenvalue weighted by molar-refractivity contribution is 14.0. The molecule has 1 aromatic heterocycles. The molecular formula is C13H24F2IN5S. The number of aliphatic imine (C=N–C) groups is 1. The maximum Gasteiger partial charge on any atom is 0.319 e. The Morgan fingerprint density at radius 1 is 1.45 bits per heavy atom. The molecular weight excluding hydrogens is 423 g/mol. The van der Waals surface area contributed by atoms with Crippen LogP contribution in [0.2, 0.25) is 0 Å². The van der Waals surface area contributed by atoms with Gasteiger partial charge in [0, 0.05) is 30.2 Å². The van der Waals surface area contributed by atoms with Crippen molar-refractivity contribution < 1.29 is 8.78 Å². The molecule has 22 heavy (non-hydrogen) atoms. The smallest absolute Gasteiger partial charge is 0.319 e. The normalized spacial score (nSPS) is 12.2. The topological polar surface area (TPSA) is 54.2 Å². The van der Waals surface area contributed by atoms with E-state index in [1.165, 1.54) is 12.4 Å². The third kappa shape index (κ3) is 7.12. The summed E-state index contributed by atoms with van der Waals surface area (Å²) >= 11 is 1.75. The van der Waals surface area contributed by atoms with Crippen molar-refractivity contribution in [3.63, 3.8) is 0 Å². The molecule has 0 atom stereocenters. The highest BCUT2D eigenvalue weighted by atomic mass is 127. The Morgan fingerprint density at radius 3 is 2.68 bits per heavy atom. The van der Waals surface area contributed by atoms with Crippen LogP contribution in [-0.4, -0.2) is 39.6 Å². The molecule has 0 aliphatic carbocycles. The van der Waals surface area contributed by atoms with Gasteiger partial charge in [-0.25, -0.2) is 9.98 Å². The van der Waals surface area contributed by atoms with Crippen LogP contribution in [-0.2, 0) is 6.54 Å². The number of nitrogens with zero attached hydrogens (tertiary/aromatic N) is 3. The minimum atomic E-state index is -2.59. The third-order valence-corrected chi connectivity index (χ3v) is 4.17. The van der Waals surface area contributed by atoms with Gasteiger partial charge in [-0.3, -0.25) is 4.57 Å². The Labute approximate surface area is 151 Å². The maximum absolute atomic E-state index is 12.7. The van der Waals surface area contributed by atoms with Crippen LogP contribution in [0.25, 0.3) is 0 Å². The van der Waals surface area contributed by atoms with Crippen LogP contribution in [0.3, 0.4) is 0 Å². The van der Waals surface area contributed by atoms with Crippen LogP contribution >= 0.6 is 35.7 Å². The van der Waals surface area contributed by atoms with E-state index in [4.69, 9.17) is 0 Å². The molecule has 1 heterocycles. The Morgan fingerprint density at radius 2 is 2.14 bits per heavy atom. The van der Waals surface area contributed by atoms with Gasteiger partial charge in [0.25, 0.3) is 0 Å². The van der Waals surface area contributed by atoms with Crippen molar-refractivity contribution in [2.24, 2.45) is 4.99 Å². The average molecular weight is 447 g/mol. The van der Waals surface area contributed by atoms with E-state index in [1.807, 2.05) is 13.2 Å². The number of thioether (sulfide) groups is 1. The van der Waals surface area contributed by atoms with E-state index in [0.717, 1.165) is 11.1 Å². The summed E-state index contributed by atoms with van der Waals surface area (Å²) in [5.41, 5.74) is 0. The molecule has 0 saturated carbocycles. The maximum atomic E-state index is 12.7. The van der Waals surface area contributed by atoms with Gasteiger partial charge in [-0.1, -0.05) is 0 Å². The molecule has 1 rings (SSSR count). The van der Waals surface area contributed by atoms with Crippen LogP contribution < -0.4 is 10.6 Å². The second-order valence-corrected chi connectivity index (χ2v) is 6.55. The van der Waals surface area contributed by atoms with Crippen LogP contribution in [0.15, 0.2) is 17.4 Å². The molecule has 5 nitrogen and oxygen atoms in total. The Balaban J connectivity index is 0.00000441. The molecule has 0 amide bonds. The molecule has 128 valence electrons. The van der Waals surface area contributed by atoms with Crippen molar-refractivity contribution in [2.75, 3.05) is 19.3 Å². The second-order valence-electron chi connectivity index (χ2n) is 5.04. The van der Waals surface area contributed by atoms with Gasteiger partial charge in [-0.15, -0.1) is 24.0 Å². The van der Waals surface area contributed by atoms with Crippen LogP contribution in [0.4, 0.5) is 8.78 Å². The summed E-state index contributed by atoms with van der Waals surface area (Å²) in [5.74, 6) is 0.842. The van der Waals surface area contributed by atoms with Crippen molar-refractivity contribution in [2.45, 2.75) is 38.6 Å². The number of nitrogens with one attached hydrogen (secondary N) is 2. The minimum absolute atomic E-state index is 0. The quantitative estimate of drug-likeness (QED) is 0.383. The lowest BCUT2D eigenvalue weighted by molar-refractivity contribution is 0.0671. The Kier molecular flexibility index (Phi) is 9.97. The lowest BCUT2D eigenvalue weighted by Crippen LogP contribution is -2.43. The summed E-state index contributed by atoms with van der Waals surface area (Å²) in [5, 5.41) is 6.31. The molecule has 0 aliphatic rings. The number of hydrogen-bond donors (Lipinski definition) is 2. The fraction of sp³-hybridized carbons (Fsp3) is 0.692. The van der Waals surface area contributed by atoms with Crippen molar-refractivity contribution in [1.82, 2.24) is 20.2 Å². The van der Waals surface area contributed by atoms with Crippen molar-refractivity contribution >= 4 is 41.7 Å². The highest BCUT2D eigenvalue weighted by Gasteiger charge is 2.16. The van der Waals surface area contributed by atoms with E-state index < -0.39 is 6.55 Å². The van der Waals surface area contributed by atoms with E-state index in [2.05, 4.69) is 34.5 Å². The zero-order valence-electron chi connectivity index (χ0n) is 13.3. The molecule has 9 heteroatoms. The molecule has 0 bridgehead atoms. The number of imidazole rings is 1. The molecule has 0 spiro atoms. The van der Waals surface area contributed by atoms with E-state index in [0.29, 0.717) is 12.5 Å². The molecule has 0 aromatic carbocycles. The highest BCUT2D eigenvalue weighted by Crippen LogP contribution is 2.19. The van der Waals surface area contributed by atoms with Gasteiger partial charge >= 0.3 is 6.55 Å². The predicted molar refractivity (Wildman–Crippen MR) is 99.3 cm³/mol. The van der Waals surface area contributed by atoms with Gasteiger partial charge < -0.3 is 10.6 Å². The van der Waals surface area contributed by atoms with Gasteiger partial charge in [0.2, 0.25) is 0 Å². The predicted octanol–water partition coefficient (Wildman–Crippen LogP) is 3.09. The van der Waals surface area contributed by atoms with Crippen molar-refractivity contribution in [1.29, 1.82) is 0 Å². The molecule has 2 N–H and O–H groups in total. The van der Waals surface area contributed by atoms with E-state index in [9.17, 15) is 8.78 Å². The molecule has 0 radical (unpaired) electrons.